The number of halogens is 1. The van der Waals surface area contributed by atoms with E-state index >= 15 is 0 Å². The lowest BCUT2D eigenvalue weighted by molar-refractivity contribution is -0.153. The maximum atomic E-state index is 13.1. The van der Waals surface area contributed by atoms with Crippen molar-refractivity contribution >= 4 is 11.9 Å². The third kappa shape index (κ3) is 3.40. The van der Waals surface area contributed by atoms with E-state index in [1.54, 1.807) is 11.0 Å². The van der Waals surface area contributed by atoms with Gasteiger partial charge in [-0.25, -0.2) is 4.39 Å². The van der Waals surface area contributed by atoms with Crippen LogP contribution in [0.1, 0.15) is 31.7 Å². The van der Waals surface area contributed by atoms with E-state index in [0.29, 0.717) is 32.4 Å². The zero-order chi connectivity index (χ0) is 15.5. The van der Waals surface area contributed by atoms with Crippen molar-refractivity contribution in [2.24, 2.45) is 5.41 Å². The molecule has 0 unspecified atom stereocenters. The summed E-state index contributed by atoms with van der Waals surface area (Å²) in [5.41, 5.74) is -0.388. The van der Waals surface area contributed by atoms with Crippen LogP contribution in [0.4, 0.5) is 4.39 Å². The van der Waals surface area contributed by atoms with Crippen molar-refractivity contribution in [1.82, 2.24) is 4.90 Å². The summed E-state index contributed by atoms with van der Waals surface area (Å²) in [7, 11) is 0. The third-order valence-corrected chi connectivity index (χ3v) is 3.91. The van der Waals surface area contributed by atoms with Crippen LogP contribution in [-0.4, -0.2) is 35.0 Å². The Balaban J connectivity index is 2.02. The minimum atomic E-state index is -1.20. The average molecular weight is 293 g/mol. The van der Waals surface area contributed by atoms with Crippen molar-refractivity contribution in [3.8, 4) is 0 Å². The molecule has 0 aliphatic heterocycles. The number of carboxylic acids is 1. The molecule has 1 aromatic rings. The molecule has 1 aromatic carbocycles. The summed E-state index contributed by atoms with van der Waals surface area (Å²) in [5.74, 6) is -1.63. The van der Waals surface area contributed by atoms with E-state index in [1.807, 2.05) is 13.0 Å². The summed E-state index contributed by atoms with van der Waals surface area (Å²) in [6.45, 7) is 2.90. The molecule has 1 amide bonds. The van der Waals surface area contributed by atoms with Crippen molar-refractivity contribution in [3.05, 3.63) is 35.6 Å². The van der Waals surface area contributed by atoms with Gasteiger partial charge in [-0.05, 0) is 43.4 Å². The molecule has 0 saturated heterocycles. The van der Waals surface area contributed by atoms with E-state index in [4.69, 9.17) is 0 Å². The second-order valence-electron chi connectivity index (χ2n) is 5.56. The average Bonchev–Trinajstić information content (AvgIpc) is 3.24. The highest BCUT2D eigenvalue weighted by atomic mass is 19.1. The van der Waals surface area contributed by atoms with Gasteiger partial charge in [-0.2, -0.15) is 0 Å². The Kier molecular flexibility index (Phi) is 4.60. The summed E-state index contributed by atoms with van der Waals surface area (Å²) in [6.07, 6.45) is 2.13. The first kappa shape index (κ1) is 15.5. The molecule has 114 valence electrons. The van der Waals surface area contributed by atoms with Gasteiger partial charge in [0.1, 0.15) is 11.2 Å². The van der Waals surface area contributed by atoms with E-state index in [9.17, 15) is 19.1 Å². The summed E-state index contributed by atoms with van der Waals surface area (Å²) < 4.78 is 13.1. The lowest BCUT2D eigenvalue weighted by Gasteiger charge is -2.25. The molecule has 4 nitrogen and oxygen atoms in total. The quantitative estimate of drug-likeness (QED) is 0.786. The molecule has 0 radical (unpaired) electrons. The standard InChI is InChI=1S/C16H20FNO3/c1-2-9-18(14(19)16(7-8-16)15(20)21)10-6-12-4-3-5-13(17)11-12/h3-5,11H,2,6-10H2,1H3,(H,20,21). The Labute approximate surface area is 123 Å². The molecule has 1 aliphatic rings. The van der Waals surface area contributed by atoms with E-state index < -0.39 is 11.4 Å². The van der Waals surface area contributed by atoms with Crippen molar-refractivity contribution in [2.75, 3.05) is 13.1 Å². The van der Waals surface area contributed by atoms with Crippen molar-refractivity contribution in [2.45, 2.75) is 32.6 Å². The molecule has 0 aromatic heterocycles. The van der Waals surface area contributed by atoms with Gasteiger partial charge in [0, 0.05) is 13.1 Å². The van der Waals surface area contributed by atoms with E-state index in [-0.39, 0.29) is 11.7 Å². The maximum absolute atomic E-state index is 13.1. The normalized spacial score (nSPS) is 15.5. The molecule has 0 bridgehead atoms. The third-order valence-electron chi connectivity index (χ3n) is 3.91. The molecule has 1 N–H and O–H groups in total. The minimum absolute atomic E-state index is 0.298. The van der Waals surface area contributed by atoms with Gasteiger partial charge in [0.2, 0.25) is 5.91 Å². The summed E-state index contributed by atoms with van der Waals surface area (Å²) >= 11 is 0. The Morgan fingerprint density at radius 3 is 2.57 bits per heavy atom. The molecule has 5 heteroatoms. The fraction of sp³-hybridized carbons (Fsp3) is 0.500. The van der Waals surface area contributed by atoms with E-state index in [2.05, 4.69) is 0 Å². The van der Waals surface area contributed by atoms with Gasteiger partial charge in [0.05, 0.1) is 0 Å². The molecule has 1 aliphatic carbocycles. The van der Waals surface area contributed by atoms with Crippen LogP contribution in [-0.2, 0) is 16.0 Å². The number of benzene rings is 1. The van der Waals surface area contributed by atoms with Gasteiger partial charge in [0.15, 0.2) is 0 Å². The van der Waals surface area contributed by atoms with Crippen molar-refractivity contribution in [3.63, 3.8) is 0 Å². The Morgan fingerprint density at radius 2 is 2.05 bits per heavy atom. The number of carbonyl (C=O) groups is 2. The molecule has 2 rings (SSSR count). The summed E-state index contributed by atoms with van der Waals surface area (Å²) in [6, 6.07) is 6.26. The fourth-order valence-electron chi connectivity index (χ4n) is 2.49. The van der Waals surface area contributed by atoms with Crippen molar-refractivity contribution in [1.29, 1.82) is 0 Å². The van der Waals surface area contributed by atoms with Crippen LogP contribution in [0.25, 0.3) is 0 Å². The molecule has 1 saturated carbocycles. The second-order valence-corrected chi connectivity index (χ2v) is 5.56. The Morgan fingerprint density at radius 1 is 1.33 bits per heavy atom. The zero-order valence-corrected chi connectivity index (χ0v) is 12.1. The van der Waals surface area contributed by atoms with Gasteiger partial charge >= 0.3 is 5.97 Å². The zero-order valence-electron chi connectivity index (χ0n) is 12.1. The first-order valence-electron chi connectivity index (χ1n) is 7.27. The number of carboxylic acid groups (broad SMARTS) is 1. The first-order valence-corrected chi connectivity index (χ1v) is 7.27. The van der Waals surface area contributed by atoms with E-state index in [0.717, 1.165) is 12.0 Å². The molecular formula is C16H20FNO3. The van der Waals surface area contributed by atoms with Crippen LogP contribution < -0.4 is 0 Å². The SMILES string of the molecule is CCCN(CCc1cccc(F)c1)C(=O)C1(C(=O)O)CC1. The van der Waals surface area contributed by atoms with Crippen LogP contribution >= 0.6 is 0 Å². The van der Waals surface area contributed by atoms with Crippen LogP contribution in [0.3, 0.4) is 0 Å². The topological polar surface area (TPSA) is 57.6 Å². The highest BCUT2D eigenvalue weighted by Crippen LogP contribution is 2.47. The number of hydrogen-bond donors (Lipinski definition) is 1. The van der Waals surface area contributed by atoms with Crippen LogP contribution in [0.15, 0.2) is 24.3 Å². The minimum Gasteiger partial charge on any atom is -0.480 e. The van der Waals surface area contributed by atoms with Crippen molar-refractivity contribution < 1.29 is 19.1 Å². The summed E-state index contributed by atoms with van der Waals surface area (Å²) in [4.78, 5) is 25.3. The number of rotatable bonds is 7. The molecule has 0 spiro atoms. The highest BCUT2D eigenvalue weighted by Gasteiger charge is 2.58. The van der Waals surface area contributed by atoms with Gasteiger partial charge in [-0.1, -0.05) is 19.1 Å². The number of aliphatic carboxylic acids is 1. The highest BCUT2D eigenvalue weighted by molar-refractivity contribution is 6.04. The number of hydrogen-bond acceptors (Lipinski definition) is 2. The van der Waals surface area contributed by atoms with Gasteiger partial charge in [-0.3, -0.25) is 9.59 Å². The fourth-order valence-corrected chi connectivity index (χ4v) is 2.49. The predicted molar refractivity (Wildman–Crippen MR) is 76.3 cm³/mol. The number of nitrogens with zero attached hydrogens (tertiary/aromatic N) is 1. The molecule has 21 heavy (non-hydrogen) atoms. The van der Waals surface area contributed by atoms with Crippen LogP contribution in [0, 0.1) is 11.2 Å². The predicted octanol–water partition coefficient (Wildman–Crippen LogP) is 2.47. The maximum Gasteiger partial charge on any atom is 0.319 e. The Bertz CT molecular complexity index is 540. The first-order chi connectivity index (χ1) is 9.99. The number of amides is 1. The Hall–Kier alpha value is -1.91. The van der Waals surface area contributed by atoms with Gasteiger partial charge in [0.25, 0.3) is 0 Å². The van der Waals surface area contributed by atoms with E-state index in [1.165, 1.54) is 12.1 Å². The van der Waals surface area contributed by atoms with Crippen LogP contribution in [0.5, 0.6) is 0 Å². The lowest BCUT2D eigenvalue weighted by atomic mass is 10.0. The molecular weight excluding hydrogens is 273 g/mol. The second kappa shape index (κ2) is 6.24. The smallest absolute Gasteiger partial charge is 0.319 e. The number of carbonyl (C=O) groups excluding carboxylic acids is 1. The van der Waals surface area contributed by atoms with Gasteiger partial charge < -0.3 is 10.0 Å². The molecule has 1 fully saturated rings. The molecule has 0 heterocycles. The van der Waals surface area contributed by atoms with Crippen LogP contribution in [0.2, 0.25) is 0 Å². The van der Waals surface area contributed by atoms with Gasteiger partial charge in [-0.15, -0.1) is 0 Å². The monoisotopic (exact) mass is 293 g/mol. The molecule has 0 atom stereocenters. The summed E-state index contributed by atoms with van der Waals surface area (Å²) in [5, 5.41) is 9.22. The lowest BCUT2D eigenvalue weighted by Crippen LogP contribution is -2.42. The largest absolute Gasteiger partial charge is 0.480 e.